The molecule has 0 saturated heterocycles. The normalized spacial score (nSPS) is 10.5. The van der Waals surface area contributed by atoms with E-state index in [9.17, 15) is 22.0 Å². The van der Waals surface area contributed by atoms with Crippen LogP contribution in [-0.2, 0) is 6.54 Å². The van der Waals surface area contributed by atoms with Crippen LogP contribution in [0.25, 0.3) is 0 Å². The number of halogens is 6. The van der Waals surface area contributed by atoms with Crippen LogP contribution in [0.2, 0.25) is 5.02 Å². The van der Waals surface area contributed by atoms with Crippen LogP contribution in [0.5, 0.6) is 0 Å². The van der Waals surface area contributed by atoms with Gasteiger partial charge < -0.3 is 10.6 Å². The molecule has 2 N–H and O–H groups in total. The van der Waals surface area contributed by atoms with Gasteiger partial charge in [-0.25, -0.2) is 22.0 Å². The molecule has 0 fully saturated rings. The molecule has 122 valence electrons. The summed E-state index contributed by atoms with van der Waals surface area (Å²) in [5.41, 5.74) is -0.467. The molecule has 0 heterocycles. The molecular weight excluding hydrogens is 359 g/mol. The Morgan fingerprint density at radius 2 is 1.35 bits per heavy atom. The summed E-state index contributed by atoms with van der Waals surface area (Å²) in [6.45, 7) is 0.165. The average molecular weight is 367 g/mol. The van der Waals surface area contributed by atoms with Crippen molar-refractivity contribution in [2.45, 2.75) is 6.54 Å². The molecule has 0 atom stereocenters. The van der Waals surface area contributed by atoms with Gasteiger partial charge in [-0.3, -0.25) is 0 Å². The van der Waals surface area contributed by atoms with Crippen LogP contribution in [0.4, 0.5) is 27.6 Å². The van der Waals surface area contributed by atoms with Crippen molar-refractivity contribution in [2.75, 3.05) is 5.32 Å². The first-order valence-electron chi connectivity index (χ1n) is 6.12. The molecular formula is C14H8ClF5N2S. The summed E-state index contributed by atoms with van der Waals surface area (Å²) in [4.78, 5) is 0. The third-order valence-corrected chi connectivity index (χ3v) is 3.31. The molecule has 0 bridgehead atoms. The zero-order valence-electron chi connectivity index (χ0n) is 11.2. The second kappa shape index (κ2) is 7.10. The second-order valence-corrected chi connectivity index (χ2v) is 5.22. The van der Waals surface area contributed by atoms with Gasteiger partial charge in [0.25, 0.3) is 0 Å². The summed E-state index contributed by atoms with van der Waals surface area (Å²) < 4.78 is 66.0. The summed E-state index contributed by atoms with van der Waals surface area (Å²) in [6.07, 6.45) is 0. The van der Waals surface area contributed by atoms with Gasteiger partial charge >= 0.3 is 0 Å². The number of nitrogens with one attached hydrogen (secondary N) is 2. The monoisotopic (exact) mass is 366 g/mol. The minimum atomic E-state index is -2.23. The minimum absolute atomic E-state index is 0.165. The van der Waals surface area contributed by atoms with E-state index in [2.05, 4.69) is 5.32 Å². The first-order chi connectivity index (χ1) is 10.8. The van der Waals surface area contributed by atoms with Crippen LogP contribution < -0.4 is 10.6 Å². The second-order valence-electron chi connectivity index (χ2n) is 4.38. The first kappa shape index (κ1) is 17.4. The van der Waals surface area contributed by atoms with E-state index in [4.69, 9.17) is 23.8 Å². The standard InChI is InChI=1S/C14H8ClF5N2S/c15-7-3-1-6(2-4-7)5-21-14(23)22-13-11(19)9(17)8(16)10(18)12(13)20/h1-4H,5H2,(H2,21,22,23). The zero-order chi connectivity index (χ0) is 17.1. The van der Waals surface area contributed by atoms with Crippen LogP contribution in [0, 0.1) is 29.1 Å². The van der Waals surface area contributed by atoms with E-state index in [1.54, 1.807) is 24.3 Å². The van der Waals surface area contributed by atoms with E-state index in [1.165, 1.54) is 0 Å². The Bertz CT molecular complexity index is 723. The summed E-state index contributed by atoms with van der Waals surface area (Å²) in [6, 6.07) is 6.60. The molecule has 2 rings (SSSR count). The van der Waals surface area contributed by atoms with Crippen molar-refractivity contribution in [3.63, 3.8) is 0 Å². The minimum Gasteiger partial charge on any atom is -0.358 e. The lowest BCUT2D eigenvalue weighted by Gasteiger charge is -2.13. The van der Waals surface area contributed by atoms with Gasteiger partial charge in [0.2, 0.25) is 5.82 Å². The molecule has 2 aromatic carbocycles. The average Bonchev–Trinajstić information content (AvgIpc) is 2.54. The van der Waals surface area contributed by atoms with Crippen LogP contribution in [0.15, 0.2) is 24.3 Å². The van der Waals surface area contributed by atoms with Gasteiger partial charge in [0.05, 0.1) is 0 Å². The highest BCUT2D eigenvalue weighted by molar-refractivity contribution is 7.80. The lowest BCUT2D eigenvalue weighted by Crippen LogP contribution is -2.29. The molecule has 0 aliphatic heterocycles. The molecule has 0 aliphatic rings. The van der Waals surface area contributed by atoms with E-state index in [-0.39, 0.29) is 11.7 Å². The highest BCUT2D eigenvalue weighted by Crippen LogP contribution is 2.27. The summed E-state index contributed by atoms with van der Waals surface area (Å²) in [5, 5.41) is 4.77. The quantitative estimate of drug-likeness (QED) is 0.361. The lowest BCUT2D eigenvalue weighted by molar-refractivity contribution is 0.382. The molecule has 0 aliphatic carbocycles. The Morgan fingerprint density at radius 1 is 0.870 bits per heavy atom. The van der Waals surface area contributed by atoms with Gasteiger partial charge in [0.15, 0.2) is 28.4 Å². The van der Waals surface area contributed by atoms with E-state index >= 15 is 0 Å². The summed E-state index contributed by atoms with van der Waals surface area (Å²) >= 11 is 10.5. The fourth-order valence-corrected chi connectivity index (χ4v) is 1.96. The molecule has 0 radical (unpaired) electrons. The smallest absolute Gasteiger partial charge is 0.200 e. The molecule has 0 saturated carbocycles. The van der Waals surface area contributed by atoms with Gasteiger partial charge in [-0.05, 0) is 29.9 Å². The van der Waals surface area contributed by atoms with Crippen molar-refractivity contribution in [2.24, 2.45) is 0 Å². The summed E-state index contributed by atoms with van der Waals surface area (Å²) in [7, 11) is 0. The van der Waals surface area contributed by atoms with Gasteiger partial charge in [-0.15, -0.1) is 0 Å². The van der Waals surface area contributed by atoms with Gasteiger partial charge in [0.1, 0.15) is 5.69 Å². The molecule has 0 unspecified atom stereocenters. The van der Waals surface area contributed by atoms with Crippen molar-refractivity contribution in [3.05, 3.63) is 63.9 Å². The van der Waals surface area contributed by atoms with Crippen LogP contribution in [0.3, 0.4) is 0 Å². The number of thiocarbonyl (C=S) groups is 1. The molecule has 2 aromatic rings. The Kier molecular flexibility index (Phi) is 5.38. The van der Waals surface area contributed by atoms with Gasteiger partial charge in [0, 0.05) is 11.6 Å². The maximum absolute atomic E-state index is 13.5. The Morgan fingerprint density at radius 3 is 1.87 bits per heavy atom. The molecule has 2 nitrogen and oxygen atoms in total. The predicted molar refractivity (Wildman–Crippen MR) is 80.7 cm³/mol. The van der Waals surface area contributed by atoms with E-state index in [0.717, 1.165) is 5.56 Å². The SMILES string of the molecule is Fc1c(F)c(F)c(NC(=S)NCc2ccc(Cl)cc2)c(F)c1F. The number of anilines is 1. The fourth-order valence-electron chi connectivity index (χ4n) is 1.66. The van der Waals surface area contributed by atoms with E-state index < -0.39 is 34.8 Å². The van der Waals surface area contributed by atoms with Gasteiger partial charge in [-0.1, -0.05) is 23.7 Å². The lowest BCUT2D eigenvalue weighted by atomic mass is 10.2. The molecule has 23 heavy (non-hydrogen) atoms. The molecule has 9 heteroatoms. The van der Waals surface area contributed by atoms with Crippen LogP contribution in [-0.4, -0.2) is 5.11 Å². The molecule has 0 aromatic heterocycles. The maximum Gasteiger partial charge on any atom is 0.200 e. The van der Waals surface area contributed by atoms with E-state index in [0.29, 0.717) is 5.02 Å². The van der Waals surface area contributed by atoms with Crippen molar-refractivity contribution in [3.8, 4) is 0 Å². The predicted octanol–water partition coefficient (Wildman–Crippen LogP) is 4.52. The maximum atomic E-state index is 13.5. The molecule has 0 spiro atoms. The summed E-state index contributed by atoms with van der Waals surface area (Å²) in [5.74, 6) is -10.3. The highest BCUT2D eigenvalue weighted by atomic mass is 35.5. The Hall–Kier alpha value is -1.93. The first-order valence-corrected chi connectivity index (χ1v) is 6.90. The number of rotatable bonds is 3. The Labute approximate surface area is 138 Å². The third-order valence-electron chi connectivity index (χ3n) is 2.81. The third kappa shape index (κ3) is 3.89. The number of hydrogen-bond donors (Lipinski definition) is 2. The topological polar surface area (TPSA) is 24.1 Å². The van der Waals surface area contributed by atoms with Crippen molar-refractivity contribution in [1.29, 1.82) is 0 Å². The van der Waals surface area contributed by atoms with Crippen molar-refractivity contribution in [1.82, 2.24) is 5.32 Å². The van der Waals surface area contributed by atoms with E-state index in [1.807, 2.05) is 5.32 Å². The number of hydrogen-bond acceptors (Lipinski definition) is 1. The van der Waals surface area contributed by atoms with Crippen LogP contribution in [0.1, 0.15) is 5.56 Å². The fraction of sp³-hybridized carbons (Fsp3) is 0.0714. The van der Waals surface area contributed by atoms with Gasteiger partial charge in [-0.2, -0.15) is 0 Å². The Balaban J connectivity index is 2.10. The van der Waals surface area contributed by atoms with Crippen LogP contribution >= 0.6 is 23.8 Å². The largest absolute Gasteiger partial charge is 0.358 e. The highest BCUT2D eigenvalue weighted by Gasteiger charge is 2.26. The van der Waals surface area contributed by atoms with Crippen molar-refractivity contribution >= 4 is 34.6 Å². The zero-order valence-corrected chi connectivity index (χ0v) is 12.8. The van der Waals surface area contributed by atoms with Crippen molar-refractivity contribution < 1.29 is 22.0 Å². The number of benzene rings is 2. The molecule has 0 amide bonds.